The van der Waals surface area contributed by atoms with Crippen LogP contribution in [0.4, 0.5) is 4.79 Å². The monoisotopic (exact) mass is 556 g/mol. The van der Waals surface area contributed by atoms with E-state index in [0.29, 0.717) is 42.7 Å². The van der Waals surface area contributed by atoms with Gasteiger partial charge in [0.15, 0.2) is 0 Å². The minimum absolute atomic E-state index is 0. The van der Waals surface area contributed by atoms with Crippen LogP contribution in [0.1, 0.15) is 78.6 Å². The van der Waals surface area contributed by atoms with Crippen molar-refractivity contribution in [2.45, 2.75) is 84.6 Å². The summed E-state index contributed by atoms with van der Waals surface area (Å²) in [5, 5.41) is 0. The van der Waals surface area contributed by atoms with Gasteiger partial charge in [-0.15, -0.1) is 12.4 Å². The average Bonchev–Trinajstić information content (AvgIpc) is 3.19. The molecule has 1 heterocycles. The maximum absolute atomic E-state index is 14.0. The van der Waals surface area contributed by atoms with E-state index in [9.17, 15) is 14.4 Å². The van der Waals surface area contributed by atoms with Crippen LogP contribution in [-0.2, 0) is 9.59 Å². The number of urea groups is 1. The van der Waals surface area contributed by atoms with Crippen molar-refractivity contribution >= 4 is 42.2 Å². The van der Waals surface area contributed by atoms with Gasteiger partial charge in [-0.25, -0.2) is 4.79 Å². The fourth-order valence-electron chi connectivity index (χ4n) is 8.79. The van der Waals surface area contributed by atoms with Crippen molar-refractivity contribution in [3.8, 4) is 0 Å². The molecule has 3 aliphatic carbocycles. The average molecular weight is 557 g/mol. The molecule has 4 aliphatic rings. The normalized spacial score (nSPS) is 36.8. The maximum atomic E-state index is 14.0. The molecule has 7 nitrogen and oxygen atoms in total. The lowest BCUT2D eigenvalue weighted by Gasteiger charge is -2.61. The number of amides is 4. The number of nitrogens with zero attached hydrogens (tertiary/aromatic N) is 3. The van der Waals surface area contributed by atoms with Crippen molar-refractivity contribution < 1.29 is 14.4 Å². The Hall–Kier alpha value is -0.990. The third kappa shape index (κ3) is 5.54. The van der Waals surface area contributed by atoms with Gasteiger partial charge in [-0.1, -0.05) is 20.8 Å². The fourth-order valence-corrected chi connectivity index (χ4v) is 9.17. The standard InChI is InChI=1S/C28H48N4O3S.ClH/c1-7-36-29-26(35)32(18-8-17-30(4)5)25(34)22-11-10-20-19-9-12-23-28(3,16-14-24(33)31(23)6)21(19)13-15-27(20,22)2;/h19-23H,7-18H2,1-6H3,(H,29,35);1H/t19-,20-,21-,22+,23+,27-,28+;/m0./s1. The van der Waals surface area contributed by atoms with Crippen LogP contribution in [0.5, 0.6) is 0 Å². The van der Waals surface area contributed by atoms with E-state index in [2.05, 4.69) is 23.5 Å². The van der Waals surface area contributed by atoms with Crippen LogP contribution in [0.2, 0.25) is 0 Å². The molecule has 1 aliphatic heterocycles. The van der Waals surface area contributed by atoms with Gasteiger partial charge in [0.25, 0.3) is 0 Å². The molecule has 7 atom stereocenters. The second-order valence-electron chi connectivity index (χ2n) is 12.6. The van der Waals surface area contributed by atoms with Crippen LogP contribution in [0.25, 0.3) is 0 Å². The van der Waals surface area contributed by atoms with E-state index in [1.165, 1.54) is 16.8 Å². The SMILES string of the molecule is CCSNC(=O)N(CCCN(C)C)C(=O)[C@H]1CC[C@H]2[C@@H]3CC[C@H]4N(C)C(=O)CC[C@]4(C)[C@H]3CC[C@]12C.Cl. The molecule has 3 saturated carbocycles. The van der Waals surface area contributed by atoms with Crippen LogP contribution < -0.4 is 4.72 Å². The van der Waals surface area contributed by atoms with E-state index in [-0.39, 0.29) is 41.1 Å². The number of carbonyl (C=O) groups is 3. The molecular weight excluding hydrogens is 508 g/mol. The largest absolute Gasteiger partial charge is 0.342 e. The number of likely N-dealkylation sites (tertiary alicyclic amines) is 1. The Morgan fingerprint density at radius 2 is 1.73 bits per heavy atom. The molecule has 0 unspecified atom stereocenters. The number of rotatable bonds is 7. The zero-order chi connectivity index (χ0) is 26.3. The number of piperidine rings is 1. The van der Waals surface area contributed by atoms with Crippen molar-refractivity contribution in [1.82, 2.24) is 19.4 Å². The number of imide groups is 1. The highest BCUT2D eigenvalue weighted by Gasteiger charge is 2.62. The number of hydrogen-bond donors (Lipinski definition) is 1. The van der Waals surface area contributed by atoms with Crippen molar-refractivity contribution in [2.75, 3.05) is 40.0 Å². The van der Waals surface area contributed by atoms with Gasteiger partial charge in [-0.2, -0.15) is 0 Å². The lowest BCUT2D eigenvalue weighted by Crippen LogP contribution is -2.61. The molecule has 0 aromatic rings. The molecule has 4 fully saturated rings. The van der Waals surface area contributed by atoms with E-state index < -0.39 is 0 Å². The molecule has 0 radical (unpaired) electrons. The molecule has 1 N–H and O–H groups in total. The first-order valence-electron chi connectivity index (χ1n) is 14.2. The molecular formula is C28H49ClN4O3S. The zero-order valence-corrected chi connectivity index (χ0v) is 25.4. The molecule has 212 valence electrons. The molecule has 0 spiro atoms. The third-order valence-electron chi connectivity index (χ3n) is 10.7. The minimum atomic E-state index is -0.255. The maximum Gasteiger partial charge on any atom is 0.334 e. The first-order valence-corrected chi connectivity index (χ1v) is 15.2. The summed E-state index contributed by atoms with van der Waals surface area (Å²) in [5.41, 5.74) is 0.139. The number of fused-ring (bicyclic) bond motifs is 5. The van der Waals surface area contributed by atoms with E-state index in [0.717, 1.165) is 63.7 Å². The number of nitrogens with one attached hydrogen (secondary N) is 1. The second-order valence-corrected chi connectivity index (χ2v) is 13.7. The van der Waals surface area contributed by atoms with E-state index in [1.807, 2.05) is 33.0 Å². The summed E-state index contributed by atoms with van der Waals surface area (Å²) in [6, 6.07) is 0.101. The van der Waals surface area contributed by atoms with E-state index in [1.54, 1.807) is 0 Å². The second kappa shape index (κ2) is 12.0. The van der Waals surface area contributed by atoms with Gasteiger partial charge in [-0.05, 0) is 113 Å². The van der Waals surface area contributed by atoms with Crippen molar-refractivity contribution in [2.24, 2.45) is 34.5 Å². The minimum Gasteiger partial charge on any atom is -0.342 e. The first-order chi connectivity index (χ1) is 17.0. The lowest BCUT2D eigenvalue weighted by atomic mass is 9.47. The lowest BCUT2D eigenvalue weighted by molar-refractivity contribution is -0.160. The molecule has 0 aromatic heterocycles. The van der Waals surface area contributed by atoms with Gasteiger partial charge in [-0.3, -0.25) is 19.2 Å². The molecule has 1 saturated heterocycles. The van der Waals surface area contributed by atoms with Gasteiger partial charge in [0.2, 0.25) is 11.8 Å². The highest BCUT2D eigenvalue weighted by Crippen LogP contribution is 2.66. The molecule has 4 amide bonds. The number of carbonyl (C=O) groups excluding carboxylic acids is 3. The summed E-state index contributed by atoms with van der Waals surface area (Å²) in [6.07, 6.45) is 8.85. The van der Waals surface area contributed by atoms with Gasteiger partial charge < -0.3 is 9.80 Å². The topological polar surface area (TPSA) is 73.0 Å². The number of halogens is 1. The molecule has 4 rings (SSSR count). The summed E-state index contributed by atoms with van der Waals surface area (Å²) in [7, 11) is 6.06. The Balaban J connectivity index is 0.00000380. The molecule has 37 heavy (non-hydrogen) atoms. The Labute approximate surface area is 234 Å². The van der Waals surface area contributed by atoms with Crippen LogP contribution >= 0.6 is 24.4 Å². The first kappa shape index (κ1) is 30.6. The Kier molecular flexibility index (Phi) is 9.94. The van der Waals surface area contributed by atoms with Gasteiger partial charge in [0.1, 0.15) is 0 Å². The fraction of sp³-hybridized carbons (Fsp3) is 0.893. The van der Waals surface area contributed by atoms with Gasteiger partial charge >= 0.3 is 6.03 Å². The van der Waals surface area contributed by atoms with Crippen molar-refractivity contribution in [3.63, 3.8) is 0 Å². The van der Waals surface area contributed by atoms with Crippen LogP contribution in [0.3, 0.4) is 0 Å². The smallest absolute Gasteiger partial charge is 0.334 e. The summed E-state index contributed by atoms with van der Waals surface area (Å²) in [6.45, 7) is 8.12. The van der Waals surface area contributed by atoms with E-state index in [4.69, 9.17) is 0 Å². The van der Waals surface area contributed by atoms with Crippen molar-refractivity contribution in [1.29, 1.82) is 0 Å². The summed E-state index contributed by atoms with van der Waals surface area (Å²) >= 11 is 1.36. The predicted octanol–water partition coefficient (Wildman–Crippen LogP) is 5.05. The summed E-state index contributed by atoms with van der Waals surface area (Å²) < 4.78 is 2.89. The van der Waals surface area contributed by atoms with Gasteiger partial charge in [0.05, 0.1) is 0 Å². The summed E-state index contributed by atoms with van der Waals surface area (Å²) in [4.78, 5) is 45.2. The quantitative estimate of drug-likeness (QED) is 0.444. The predicted molar refractivity (Wildman–Crippen MR) is 152 cm³/mol. The van der Waals surface area contributed by atoms with Crippen LogP contribution in [-0.4, -0.2) is 78.6 Å². The zero-order valence-electron chi connectivity index (χ0n) is 23.8. The third-order valence-corrected chi connectivity index (χ3v) is 11.3. The number of hydrogen-bond acceptors (Lipinski definition) is 5. The highest BCUT2D eigenvalue weighted by molar-refractivity contribution is 7.97. The molecule has 0 bridgehead atoms. The molecule has 9 heteroatoms. The van der Waals surface area contributed by atoms with Crippen molar-refractivity contribution in [3.05, 3.63) is 0 Å². The van der Waals surface area contributed by atoms with E-state index >= 15 is 0 Å². The van der Waals surface area contributed by atoms with Gasteiger partial charge in [0, 0.05) is 37.7 Å². The highest BCUT2D eigenvalue weighted by atomic mass is 35.5. The summed E-state index contributed by atoms with van der Waals surface area (Å²) in [5.74, 6) is 2.81. The van der Waals surface area contributed by atoms with Crippen LogP contribution in [0, 0.1) is 34.5 Å². The molecule has 0 aromatic carbocycles. The Morgan fingerprint density at radius 1 is 1.03 bits per heavy atom. The Bertz CT molecular complexity index is 859. The van der Waals surface area contributed by atoms with Crippen LogP contribution in [0.15, 0.2) is 0 Å². The Morgan fingerprint density at radius 3 is 2.41 bits per heavy atom.